The molecule has 30 heavy (non-hydrogen) atoms. The molecular weight excluding hydrogens is 449 g/mol. The first-order chi connectivity index (χ1) is 14.5. The molecule has 5 nitrogen and oxygen atoms in total. The summed E-state index contributed by atoms with van der Waals surface area (Å²) in [7, 11) is 1.59. The molecule has 0 aliphatic carbocycles. The van der Waals surface area contributed by atoms with Crippen LogP contribution in [0.3, 0.4) is 0 Å². The highest BCUT2D eigenvalue weighted by Crippen LogP contribution is 2.33. The molecule has 0 radical (unpaired) electrons. The number of benzene rings is 3. The minimum atomic E-state index is -0.360. The van der Waals surface area contributed by atoms with Crippen LogP contribution in [0.1, 0.15) is 23.6 Å². The smallest absolute Gasteiger partial charge is 0.342 e. The van der Waals surface area contributed by atoms with Gasteiger partial charge in [-0.1, -0.05) is 40.2 Å². The van der Waals surface area contributed by atoms with Crippen LogP contribution >= 0.6 is 15.9 Å². The van der Waals surface area contributed by atoms with Crippen LogP contribution in [0.15, 0.2) is 82.4 Å². The van der Waals surface area contributed by atoms with Crippen molar-refractivity contribution in [3.8, 4) is 5.75 Å². The van der Waals surface area contributed by atoms with E-state index in [1.807, 2.05) is 24.3 Å². The summed E-state index contributed by atoms with van der Waals surface area (Å²) < 4.78 is 19.5. The van der Waals surface area contributed by atoms with Crippen molar-refractivity contribution < 1.29 is 13.9 Å². The molecule has 7 heteroatoms. The third-order valence-corrected chi connectivity index (χ3v) is 5.42. The number of ether oxygens (including phenoxy) is 1. The zero-order chi connectivity index (χ0) is 21.1. The quantitative estimate of drug-likeness (QED) is 0.512. The second-order valence-electron chi connectivity index (χ2n) is 6.83. The molecule has 0 saturated carbocycles. The fourth-order valence-corrected chi connectivity index (χ4v) is 3.58. The lowest BCUT2D eigenvalue weighted by molar-refractivity contribution is 0.200. The number of urea groups is 1. The zero-order valence-corrected chi connectivity index (χ0v) is 17.8. The number of hydrogen-bond acceptors (Lipinski definition) is 3. The van der Waals surface area contributed by atoms with E-state index in [1.165, 1.54) is 17.1 Å². The SMILES string of the molecule is COc1ccc(NC(=O)N2N=C(c3ccc(Br)cc3)CC2c2ccc(F)cc2)cc1. The van der Waals surface area contributed by atoms with Crippen LogP contribution in [0.4, 0.5) is 14.9 Å². The fraction of sp³-hybridized carbons (Fsp3) is 0.130. The van der Waals surface area contributed by atoms with Crippen LogP contribution < -0.4 is 10.1 Å². The van der Waals surface area contributed by atoms with Gasteiger partial charge in [-0.3, -0.25) is 0 Å². The molecule has 152 valence electrons. The number of nitrogens with one attached hydrogen (secondary N) is 1. The molecule has 1 atom stereocenters. The average molecular weight is 468 g/mol. The summed E-state index contributed by atoms with van der Waals surface area (Å²) in [5.74, 6) is 0.383. The Balaban J connectivity index is 1.62. The zero-order valence-electron chi connectivity index (χ0n) is 16.2. The standard InChI is InChI=1S/C23H19BrFN3O2/c1-30-20-12-10-19(11-13-20)26-23(29)28-22(16-4-8-18(25)9-5-16)14-21(27-28)15-2-6-17(24)7-3-15/h2-13,22H,14H2,1H3,(H,26,29). The third-order valence-electron chi connectivity index (χ3n) is 4.89. The molecule has 4 rings (SSSR count). The maximum atomic E-state index is 13.4. The van der Waals surface area contributed by atoms with Gasteiger partial charge in [0.25, 0.3) is 0 Å². The molecule has 3 aromatic rings. The molecule has 0 saturated heterocycles. The molecular formula is C23H19BrFN3O2. The first kappa shape index (κ1) is 20.1. The molecule has 1 unspecified atom stereocenters. The minimum Gasteiger partial charge on any atom is -0.497 e. The third kappa shape index (κ3) is 4.36. The topological polar surface area (TPSA) is 53.9 Å². The summed E-state index contributed by atoms with van der Waals surface area (Å²) in [5, 5.41) is 8.90. The van der Waals surface area contributed by atoms with Gasteiger partial charge in [-0.05, 0) is 59.7 Å². The van der Waals surface area contributed by atoms with Gasteiger partial charge in [-0.25, -0.2) is 14.2 Å². The number of methoxy groups -OCH3 is 1. The van der Waals surface area contributed by atoms with E-state index in [0.29, 0.717) is 17.9 Å². The van der Waals surface area contributed by atoms with Gasteiger partial charge < -0.3 is 10.1 Å². The molecule has 1 aliphatic rings. The van der Waals surface area contributed by atoms with Crippen molar-refractivity contribution in [3.63, 3.8) is 0 Å². The molecule has 1 heterocycles. The number of carbonyl (C=O) groups is 1. The van der Waals surface area contributed by atoms with Crippen molar-refractivity contribution in [1.82, 2.24) is 5.01 Å². The Morgan fingerprint density at radius 1 is 1.07 bits per heavy atom. The van der Waals surface area contributed by atoms with Crippen LogP contribution in [0.2, 0.25) is 0 Å². The predicted octanol–water partition coefficient (Wildman–Crippen LogP) is 5.98. The highest BCUT2D eigenvalue weighted by molar-refractivity contribution is 9.10. The molecule has 0 aromatic heterocycles. The van der Waals surface area contributed by atoms with Crippen LogP contribution in [-0.2, 0) is 0 Å². The van der Waals surface area contributed by atoms with Crippen molar-refractivity contribution >= 4 is 33.4 Å². The summed E-state index contributed by atoms with van der Waals surface area (Å²) in [6, 6.07) is 20.3. The van der Waals surface area contributed by atoms with Gasteiger partial charge in [0.2, 0.25) is 0 Å². The maximum Gasteiger partial charge on any atom is 0.342 e. The van der Waals surface area contributed by atoms with Crippen molar-refractivity contribution in [2.24, 2.45) is 5.10 Å². The predicted molar refractivity (Wildman–Crippen MR) is 118 cm³/mol. The Morgan fingerprint density at radius 3 is 2.37 bits per heavy atom. The molecule has 3 aromatic carbocycles. The van der Waals surface area contributed by atoms with E-state index in [9.17, 15) is 9.18 Å². The first-order valence-corrected chi connectivity index (χ1v) is 10.2. The number of anilines is 1. The van der Waals surface area contributed by atoms with Crippen molar-refractivity contribution in [3.05, 3.63) is 94.2 Å². The minimum absolute atomic E-state index is 0.319. The van der Waals surface area contributed by atoms with Gasteiger partial charge in [0.15, 0.2) is 0 Å². The molecule has 0 spiro atoms. The van der Waals surface area contributed by atoms with E-state index < -0.39 is 0 Å². The lowest BCUT2D eigenvalue weighted by Gasteiger charge is -2.22. The molecule has 1 aliphatic heterocycles. The van der Waals surface area contributed by atoms with Gasteiger partial charge in [0.1, 0.15) is 11.6 Å². The number of halogens is 2. The van der Waals surface area contributed by atoms with Crippen molar-refractivity contribution in [1.29, 1.82) is 0 Å². The van der Waals surface area contributed by atoms with E-state index in [0.717, 1.165) is 21.3 Å². The summed E-state index contributed by atoms with van der Waals surface area (Å²) in [6.07, 6.45) is 0.531. The van der Waals surface area contributed by atoms with Crippen LogP contribution in [-0.4, -0.2) is 23.9 Å². The summed E-state index contributed by atoms with van der Waals surface area (Å²) in [4.78, 5) is 13.0. The first-order valence-electron chi connectivity index (χ1n) is 9.36. The average Bonchev–Trinajstić information content (AvgIpc) is 3.21. The Labute approximate surface area is 182 Å². The van der Waals surface area contributed by atoms with Crippen molar-refractivity contribution in [2.45, 2.75) is 12.5 Å². The van der Waals surface area contributed by atoms with E-state index in [1.54, 1.807) is 43.5 Å². The number of rotatable bonds is 4. The second kappa shape index (κ2) is 8.67. The van der Waals surface area contributed by atoms with Crippen molar-refractivity contribution in [2.75, 3.05) is 12.4 Å². The Kier molecular flexibility index (Phi) is 5.81. The van der Waals surface area contributed by atoms with E-state index >= 15 is 0 Å². The van der Waals surface area contributed by atoms with Gasteiger partial charge in [-0.2, -0.15) is 5.10 Å². The fourth-order valence-electron chi connectivity index (χ4n) is 3.31. The molecule has 0 fully saturated rings. The normalized spacial score (nSPS) is 15.6. The monoisotopic (exact) mass is 467 g/mol. The number of amides is 2. The lowest BCUT2D eigenvalue weighted by atomic mass is 9.98. The highest BCUT2D eigenvalue weighted by atomic mass is 79.9. The summed E-state index contributed by atoms with van der Waals surface area (Å²) in [6.45, 7) is 0. The van der Waals surface area contributed by atoms with Gasteiger partial charge in [0, 0.05) is 16.6 Å². The molecule has 0 bridgehead atoms. The number of hydrazone groups is 1. The van der Waals surface area contributed by atoms with Gasteiger partial charge in [-0.15, -0.1) is 0 Å². The second-order valence-corrected chi connectivity index (χ2v) is 7.74. The van der Waals surface area contributed by atoms with E-state index in [4.69, 9.17) is 4.74 Å². The summed E-state index contributed by atoms with van der Waals surface area (Å²) in [5.41, 5.74) is 3.18. The lowest BCUT2D eigenvalue weighted by Crippen LogP contribution is -2.31. The summed E-state index contributed by atoms with van der Waals surface area (Å²) >= 11 is 3.43. The van der Waals surface area contributed by atoms with E-state index in [-0.39, 0.29) is 17.9 Å². The van der Waals surface area contributed by atoms with Crippen LogP contribution in [0, 0.1) is 5.82 Å². The van der Waals surface area contributed by atoms with Crippen LogP contribution in [0.5, 0.6) is 5.75 Å². The molecule has 2 amide bonds. The number of carbonyl (C=O) groups excluding carboxylic acids is 1. The Morgan fingerprint density at radius 2 is 1.73 bits per heavy atom. The van der Waals surface area contributed by atoms with E-state index in [2.05, 4.69) is 26.3 Å². The van der Waals surface area contributed by atoms with Gasteiger partial charge >= 0.3 is 6.03 Å². The Bertz CT molecular complexity index is 1070. The number of hydrogen-bond donors (Lipinski definition) is 1. The Hall–Kier alpha value is -3.19. The number of nitrogens with zero attached hydrogens (tertiary/aromatic N) is 2. The molecule has 1 N–H and O–H groups in total. The van der Waals surface area contributed by atoms with Crippen LogP contribution in [0.25, 0.3) is 0 Å². The largest absolute Gasteiger partial charge is 0.497 e. The van der Waals surface area contributed by atoms with Gasteiger partial charge in [0.05, 0.1) is 18.9 Å². The highest BCUT2D eigenvalue weighted by Gasteiger charge is 2.33. The maximum absolute atomic E-state index is 13.4.